The van der Waals surface area contributed by atoms with Gasteiger partial charge < -0.3 is 5.32 Å². The molecule has 7 nitrogen and oxygen atoms in total. The van der Waals surface area contributed by atoms with Crippen LogP contribution in [0.1, 0.15) is 23.1 Å². The number of aryl methyl sites for hydroxylation is 1. The Morgan fingerprint density at radius 3 is 2.52 bits per heavy atom. The number of amides is 1. The number of hydrogen-bond acceptors (Lipinski definition) is 4. The molecule has 0 aliphatic carbocycles. The normalized spacial score (nSPS) is 11.6. The summed E-state index contributed by atoms with van der Waals surface area (Å²) in [7, 11) is -3.80. The van der Waals surface area contributed by atoms with Gasteiger partial charge in [0.05, 0.1) is 10.6 Å². The molecular weight excluding hydrogens is 347 g/mol. The first-order valence-corrected chi connectivity index (χ1v) is 8.95. The average Bonchev–Trinajstić information content (AvgIpc) is 2.92. The van der Waals surface area contributed by atoms with Crippen molar-refractivity contribution in [3.05, 3.63) is 59.8 Å². The van der Waals surface area contributed by atoms with Crippen molar-refractivity contribution < 1.29 is 17.6 Å². The average molecular weight is 362 g/mol. The summed E-state index contributed by atoms with van der Waals surface area (Å²) in [5.74, 6) is -0.961. The molecule has 1 amide bonds. The number of carbonyl (C=O) groups excluding carboxylic acids is 1. The Balaban J connectivity index is 1.96. The number of fused-ring (bicyclic) bond motifs is 1. The molecule has 130 valence electrons. The third-order valence-corrected chi connectivity index (χ3v) is 4.57. The third kappa shape index (κ3) is 3.37. The van der Waals surface area contributed by atoms with E-state index in [0.29, 0.717) is 23.4 Å². The predicted octanol–water partition coefficient (Wildman–Crippen LogP) is 1.94. The zero-order valence-electron chi connectivity index (χ0n) is 13.2. The van der Waals surface area contributed by atoms with Gasteiger partial charge in [-0.15, -0.1) is 0 Å². The highest BCUT2D eigenvalue weighted by atomic mass is 32.2. The lowest BCUT2D eigenvalue weighted by Gasteiger charge is -2.07. The quantitative estimate of drug-likeness (QED) is 0.739. The second-order valence-corrected chi connectivity index (χ2v) is 6.92. The number of primary sulfonamides is 1. The van der Waals surface area contributed by atoms with Gasteiger partial charge in [-0.1, -0.05) is 6.92 Å². The zero-order valence-corrected chi connectivity index (χ0v) is 14.0. The highest BCUT2D eigenvalue weighted by Gasteiger charge is 2.19. The summed E-state index contributed by atoms with van der Waals surface area (Å²) in [4.78, 5) is 16.9. The van der Waals surface area contributed by atoms with Crippen LogP contribution in [0, 0.1) is 5.82 Å². The fraction of sp³-hybridized carbons (Fsp3) is 0.125. The van der Waals surface area contributed by atoms with Gasteiger partial charge in [0.25, 0.3) is 5.91 Å². The molecule has 0 radical (unpaired) electrons. The molecule has 3 aromatic rings. The summed E-state index contributed by atoms with van der Waals surface area (Å²) in [5, 5.41) is 7.69. The number of aromatic nitrogens is 2. The lowest BCUT2D eigenvalue weighted by atomic mass is 10.2. The number of nitrogens with zero attached hydrogens (tertiary/aromatic N) is 2. The van der Waals surface area contributed by atoms with Crippen LogP contribution in [0.5, 0.6) is 0 Å². The van der Waals surface area contributed by atoms with E-state index in [2.05, 4.69) is 10.3 Å². The summed E-state index contributed by atoms with van der Waals surface area (Å²) in [6.07, 6.45) is 1.69. The Kier molecular flexibility index (Phi) is 4.27. The van der Waals surface area contributed by atoms with E-state index in [0.717, 1.165) is 0 Å². The highest BCUT2D eigenvalue weighted by Crippen LogP contribution is 2.18. The van der Waals surface area contributed by atoms with Crippen molar-refractivity contribution in [3.63, 3.8) is 0 Å². The van der Waals surface area contributed by atoms with Crippen LogP contribution in [-0.4, -0.2) is 23.7 Å². The second kappa shape index (κ2) is 6.26. The van der Waals surface area contributed by atoms with Crippen LogP contribution in [0.15, 0.2) is 47.5 Å². The maximum atomic E-state index is 13.5. The summed E-state index contributed by atoms with van der Waals surface area (Å²) in [5.41, 5.74) is 1.61. The minimum atomic E-state index is -3.80. The molecule has 0 unspecified atom stereocenters. The molecular formula is C16H15FN4O3S. The number of hydrogen-bond donors (Lipinski definition) is 2. The van der Waals surface area contributed by atoms with E-state index in [1.54, 1.807) is 0 Å². The lowest BCUT2D eigenvalue weighted by Crippen LogP contribution is -2.17. The SMILES string of the molecule is CCc1nc2ccc(F)cn2c1C(=O)Nc1ccc(S(N)(=O)=O)cc1. The van der Waals surface area contributed by atoms with Gasteiger partial charge in [-0.3, -0.25) is 9.20 Å². The number of carbonyl (C=O) groups is 1. The zero-order chi connectivity index (χ0) is 18.2. The van der Waals surface area contributed by atoms with Gasteiger partial charge in [0.15, 0.2) is 0 Å². The van der Waals surface area contributed by atoms with Gasteiger partial charge >= 0.3 is 0 Å². The van der Waals surface area contributed by atoms with Gasteiger partial charge in [0.2, 0.25) is 10.0 Å². The molecule has 25 heavy (non-hydrogen) atoms. The van der Waals surface area contributed by atoms with Gasteiger partial charge in [-0.25, -0.2) is 22.9 Å². The van der Waals surface area contributed by atoms with Gasteiger partial charge in [0, 0.05) is 11.9 Å². The number of nitrogens with one attached hydrogen (secondary N) is 1. The Hall–Kier alpha value is -2.78. The molecule has 0 spiro atoms. The maximum absolute atomic E-state index is 13.5. The van der Waals surface area contributed by atoms with Crippen molar-refractivity contribution in [2.75, 3.05) is 5.32 Å². The van der Waals surface area contributed by atoms with E-state index in [1.165, 1.54) is 47.0 Å². The Bertz CT molecular complexity index is 1060. The third-order valence-electron chi connectivity index (χ3n) is 3.65. The number of anilines is 1. The first kappa shape index (κ1) is 17.1. The molecule has 0 saturated heterocycles. The molecule has 0 bridgehead atoms. The molecule has 3 N–H and O–H groups in total. The van der Waals surface area contributed by atoms with Gasteiger partial charge in [0.1, 0.15) is 17.2 Å². The van der Waals surface area contributed by atoms with Crippen molar-refractivity contribution >= 4 is 27.3 Å². The largest absolute Gasteiger partial charge is 0.321 e. The standard InChI is InChI=1S/C16H15FN4O3S/c1-2-13-15(21-9-10(17)3-8-14(21)20-13)16(22)19-11-4-6-12(7-5-11)25(18,23)24/h3-9H,2H2,1H3,(H,19,22)(H2,18,23,24). The number of sulfonamides is 1. The van der Waals surface area contributed by atoms with Crippen LogP contribution >= 0.6 is 0 Å². The summed E-state index contributed by atoms with van der Waals surface area (Å²) >= 11 is 0. The molecule has 0 aliphatic rings. The van der Waals surface area contributed by atoms with E-state index in [9.17, 15) is 17.6 Å². The molecule has 0 aliphatic heterocycles. The molecule has 0 atom stereocenters. The van der Waals surface area contributed by atoms with E-state index in [4.69, 9.17) is 5.14 Å². The molecule has 1 aromatic carbocycles. The molecule has 3 rings (SSSR count). The molecule has 0 saturated carbocycles. The van der Waals surface area contributed by atoms with E-state index in [-0.39, 0.29) is 10.6 Å². The number of rotatable bonds is 4. The predicted molar refractivity (Wildman–Crippen MR) is 90.3 cm³/mol. The number of halogens is 1. The van der Waals surface area contributed by atoms with Crippen molar-refractivity contribution in [1.29, 1.82) is 0 Å². The smallest absolute Gasteiger partial charge is 0.274 e. The fourth-order valence-corrected chi connectivity index (χ4v) is 2.99. The number of pyridine rings is 1. The highest BCUT2D eigenvalue weighted by molar-refractivity contribution is 7.89. The molecule has 2 heterocycles. The van der Waals surface area contributed by atoms with Crippen LogP contribution in [0.3, 0.4) is 0 Å². The first-order chi connectivity index (χ1) is 11.8. The topological polar surface area (TPSA) is 107 Å². The molecule has 0 fully saturated rings. The van der Waals surface area contributed by atoms with Crippen LogP contribution < -0.4 is 10.5 Å². The van der Waals surface area contributed by atoms with E-state index >= 15 is 0 Å². The van der Waals surface area contributed by atoms with Crippen LogP contribution in [0.4, 0.5) is 10.1 Å². The van der Waals surface area contributed by atoms with Gasteiger partial charge in [-0.05, 0) is 42.8 Å². The number of nitrogens with two attached hydrogens (primary N) is 1. The summed E-state index contributed by atoms with van der Waals surface area (Å²) in [6.45, 7) is 1.84. The Morgan fingerprint density at radius 2 is 1.92 bits per heavy atom. The summed E-state index contributed by atoms with van der Waals surface area (Å²) < 4.78 is 37.4. The monoisotopic (exact) mass is 362 g/mol. The lowest BCUT2D eigenvalue weighted by molar-refractivity contribution is 0.102. The van der Waals surface area contributed by atoms with E-state index < -0.39 is 21.7 Å². The Morgan fingerprint density at radius 1 is 1.24 bits per heavy atom. The minimum Gasteiger partial charge on any atom is -0.321 e. The number of imidazole rings is 1. The van der Waals surface area contributed by atoms with Crippen molar-refractivity contribution in [2.24, 2.45) is 5.14 Å². The minimum absolute atomic E-state index is 0.0587. The van der Waals surface area contributed by atoms with Crippen LogP contribution in [0.2, 0.25) is 0 Å². The molecule has 2 aromatic heterocycles. The van der Waals surface area contributed by atoms with Gasteiger partial charge in [-0.2, -0.15) is 0 Å². The maximum Gasteiger partial charge on any atom is 0.274 e. The van der Waals surface area contributed by atoms with Crippen molar-refractivity contribution in [3.8, 4) is 0 Å². The van der Waals surface area contributed by atoms with Crippen molar-refractivity contribution in [1.82, 2.24) is 9.38 Å². The van der Waals surface area contributed by atoms with E-state index in [1.807, 2.05) is 6.92 Å². The second-order valence-electron chi connectivity index (χ2n) is 5.36. The van der Waals surface area contributed by atoms with Crippen LogP contribution in [0.25, 0.3) is 5.65 Å². The molecule has 9 heteroatoms. The summed E-state index contributed by atoms with van der Waals surface area (Å²) in [6, 6.07) is 8.20. The van der Waals surface area contributed by atoms with Crippen LogP contribution in [-0.2, 0) is 16.4 Å². The Labute approximate surface area is 143 Å². The number of benzene rings is 1. The van der Waals surface area contributed by atoms with Crippen molar-refractivity contribution in [2.45, 2.75) is 18.2 Å². The fourth-order valence-electron chi connectivity index (χ4n) is 2.47. The first-order valence-electron chi connectivity index (χ1n) is 7.40.